The number of aryl methyl sites for hydroxylation is 3. The van der Waals surface area contributed by atoms with Gasteiger partial charge in [0, 0.05) is 11.4 Å². The first-order chi connectivity index (χ1) is 18.9. The molecule has 1 amide bonds. The van der Waals surface area contributed by atoms with Gasteiger partial charge in [-0.15, -0.1) is 11.3 Å². The Bertz CT molecular complexity index is 1600. The highest BCUT2D eigenvalue weighted by Crippen LogP contribution is 2.35. The summed E-state index contributed by atoms with van der Waals surface area (Å²) in [5.41, 5.74) is 2.52. The number of aromatic nitrogens is 2. The van der Waals surface area contributed by atoms with Crippen molar-refractivity contribution in [1.29, 1.82) is 0 Å². The minimum Gasteiger partial charge on any atom is -0.493 e. The summed E-state index contributed by atoms with van der Waals surface area (Å²) in [6.45, 7) is 0.409. The number of methoxy groups -OCH3 is 2. The molecule has 2 aromatic carbocycles. The Balaban J connectivity index is 1.44. The molecule has 1 N–H and O–H groups in total. The average molecular weight is 605 g/mol. The molecule has 0 aliphatic heterocycles. The van der Waals surface area contributed by atoms with E-state index in [1.807, 2.05) is 18.2 Å². The zero-order valence-electron chi connectivity index (χ0n) is 21.5. The highest BCUT2D eigenvalue weighted by Gasteiger charge is 2.23. The van der Waals surface area contributed by atoms with E-state index < -0.39 is 0 Å². The molecule has 11 heteroatoms. The normalized spacial score (nSPS) is 12.8. The highest BCUT2D eigenvalue weighted by molar-refractivity contribution is 7.99. The van der Waals surface area contributed by atoms with Crippen LogP contribution in [-0.4, -0.2) is 35.4 Å². The van der Waals surface area contributed by atoms with E-state index in [0.29, 0.717) is 40.3 Å². The number of amides is 1. The Morgan fingerprint density at radius 3 is 2.72 bits per heavy atom. The van der Waals surface area contributed by atoms with Gasteiger partial charge in [0.25, 0.3) is 5.56 Å². The Morgan fingerprint density at radius 2 is 1.92 bits per heavy atom. The van der Waals surface area contributed by atoms with E-state index in [1.54, 1.807) is 48.3 Å². The number of anilines is 1. The van der Waals surface area contributed by atoms with Gasteiger partial charge in [-0.05, 0) is 67.5 Å². The van der Waals surface area contributed by atoms with Gasteiger partial charge >= 0.3 is 0 Å². The summed E-state index contributed by atoms with van der Waals surface area (Å²) >= 11 is 15.1. The quantitative estimate of drug-likeness (QED) is 0.171. The van der Waals surface area contributed by atoms with Gasteiger partial charge in [-0.3, -0.25) is 14.2 Å². The van der Waals surface area contributed by atoms with Crippen LogP contribution < -0.4 is 20.3 Å². The van der Waals surface area contributed by atoms with E-state index >= 15 is 0 Å². The molecule has 1 aliphatic carbocycles. The molecule has 204 valence electrons. The van der Waals surface area contributed by atoms with Gasteiger partial charge in [0.1, 0.15) is 4.83 Å². The lowest BCUT2D eigenvalue weighted by Crippen LogP contribution is -2.25. The lowest BCUT2D eigenvalue weighted by Gasteiger charge is -2.14. The molecule has 5 rings (SSSR count). The lowest BCUT2D eigenvalue weighted by molar-refractivity contribution is -0.113. The second-order valence-electron chi connectivity index (χ2n) is 9.12. The number of hydrogen-bond donors (Lipinski definition) is 1. The monoisotopic (exact) mass is 603 g/mol. The van der Waals surface area contributed by atoms with E-state index in [-0.39, 0.29) is 22.2 Å². The fraction of sp³-hybridized carbons (Fsp3) is 0.321. The number of halogens is 2. The van der Waals surface area contributed by atoms with Crippen LogP contribution in [0.15, 0.2) is 46.3 Å². The van der Waals surface area contributed by atoms with Crippen LogP contribution in [0, 0.1) is 0 Å². The predicted molar refractivity (Wildman–Crippen MR) is 160 cm³/mol. The van der Waals surface area contributed by atoms with Crippen molar-refractivity contribution in [3.8, 4) is 11.5 Å². The molecule has 0 fully saturated rings. The summed E-state index contributed by atoms with van der Waals surface area (Å²) in [5.74, 6) is 1.07. The molecule has 0 saturated heterocycles. The Kier molecular flexibility index (Phi) is 8.71. The van der Waals surface area contributed by atoms with Gasteiger partial charge in [-0.1, -0.05) is 47.1 Å². The number of ether oxygens (including phenoxy) is 2. The number of fused-ring (bicyclic) bond motifs is 3. The van der Waals surface area contributed by atoms with E-state index in [2.05, 4.69) is 5.32 Å². The number of rotatable bonds is 9. The minimum atomic E-state index is -0.268. The van der Waals surface area contributed by atoms with Gasteiger partial charge in [0.2, 0.25) is 5.91 Å². The highest BCUT2D eigenvalue weighted by atomic mass is 35.5. The van der Waals surface area contributed by atoms with Gasteiger partial charge < -0.3 is 14.8 Å². The van der Waals surface area contributed by atoms with Gasteiger partial charge in [-0.25, -0.2) is 4.98 Å². The smallest absolute Gasteiger partial charge is 0.263 e. The van der Waals surface area contributed by atoms with Crippen LogP contribution in [0.25, 0.3) is 10.2 Å². The zero-order chi connectivity index (χ0) is 27.5. The van der Waals surface area contributed by atoms with Crippen molar-refractivity contribution in [1.82, 2.24) is 9.55 Å². The molecular formula is C28H27Cl2N3O4S2. The summed E-state index contributed by atoms with van der Waals surface area (Å²) in [6, 6.07) is 10.8. The molecule has 7 nitrogen and oxygen atoms in total. The number of carbonyl (C=O) groups is 1. The molecule has 0 unspecified atom stereocenters. The number of nitrogens with zero attached hydrogens (tertiary/aromatic N) is 2. The van der Waals surface area contributed by atoms with Crippen LogP contribution >= 0.6 is 46.3 Å². The third-order valence-corrected chi connectivity index (χ3v) is 9.65. The van der Waals surface area contributed by atoms with Crippen molar-refractivity contribution >= 4 is 68.1 Å². The molecule has 0 atom stereocenters. The van der Waals surface area contributed by atoms with Crippen LogP contribution in [0.1, 0.15) is 28.8 Å². The summed E-state index contributed by atoms with van der Waals surface area (Å²) in [4.78, 5) is 33.6. The number of nitrogens with one attached hydrogen (secondary N) is 1. The van der Waals surface area contributed by atoms with Crippen LogP contribution in [-0.2, 0) is 30.6 Å². The molecule has 0 spiro atoms. The standard InChI is InChI=1S/C28H27Cl2N3O4S2/c1-36-20-11-10-16(14-21(20)37-2)12-13-33-27(35)24-17-6-3-4-9-22(17)39-26(24)32-28(33)38-15-23(34)31-19-8-5-7-18(29)25(19)30/h5,7-8,10-11,14H,3-4,6,9,12-13,15H2,1-2H3,(H,31,34). The third-order valence-electron chi connectivity index (χ3n) is 6.67. The number of thioether (sulfide) groups is 1. The maximum atomic E-state index is 13.9. The molecule has 2 aromatic heterocycles. The van der Waals surface area contributed by atoms with Crippen molar-refractivity contribution in [2.24, 2.45) is 0 Å². The number of thiophene rings is 1. The molecular weight excluding hydrogens is 577 g/mol. The first-order valence-corrected chi connectivity index (χ1v) is 15.1. The molecule has 0 radical (unpaired) electrons. The number of carbonyl (C=O) groups excluding carboxylic acids is 1. The van der Waals surface area contributed by atoms with Crippen LogP contribution in [0.2, 0.25) is 10.0 Å². The van der Waals surface area contributed by atoms with Gasteiger partial charge in [0.15, 0.2) is 16.7 Å². The van der Waals surface area contributed by atoms with E-state index in [4.69, 9.17) is 37.7 Å². The molecule has 39 heavy (non-hydrogen) atoms. The fourth-order valence-corrected chi connectivity index (χ4v) is 7.20. The summed E-state index contributed by atoms with van der Waals surface area (Å²) in [5, 5.41) is 4.68. The summed E-state index contributed by atoms with van der Waals surface area (Å²) in [7, 11) is 3.19. The zero-order valence-corrected chi connectivity index (χ0v) is 24.7. The van der Waals surface area contributed by atoms with Crippen molar-refractivity contribution in [2.75, 3.05) is 25.3 Å². The fourth-order valence-electron chi connectivity index (χ4n) is 4.72. The second-order valence-corrected chi connectivity index (χ2v) is 11.9. The molecule has 4 aromatic rings. The van der Waals surface area contributed by atoms with Crippen LogP contribution in [0.3, 0.4) is 0 Å². The Labute approximate surface area is 244 Å². The molecule has 0 bridgehead atoms. The Hall–Kier alpha value is -2.72. The molecule has 0 saturated carbocycles. The average Bonchev–Trinajstić information content (AvgIpc) is 3.32. The van der Waals surface area contributed by atoms with E-state index in [9.17, 15) is 9.59 Å². The van der Waals surface area contributed by atoms with Crippen LogP contribution in [0.4, 0.5) is 5.69 Å². The van der Waals surface area contributed by atoms with Gasteiger partial charge in [0.05, 0.1) is 41.1 Å². The van der Waals surface area contributed by atoms with E-state index in [1.165, 1.54) is 16.6 Å². The van der Waals surface area contributed by atoms with Crippen molar-refractivity contribution in [3.63, 3.8) is 0 Å². The topological polar surface area (TPSA) is 82.5 Å². The maximum Gasteiger partial charge on any atom is 0.263 e. The van der Waals surface area contributed by atoms with Crippen LogP contribution in [0.5, 0.6) is 11.5 Å². The largest absolute Gasteiger partial charge is 0.493 e. The van der Waals surface area contributed by atoms with Crippen molar-refractivity contribution < 1.29 is 14.3 Å². The van der Waals surface area contributed by atoms with Crippen molar-refractivity contribution in [3.05, 3.63) is 72.8 Å². The SMILES string of the molecule is COc1ccc(CCn2c(SCC(=O)Nc3cccc(Cl)c3Cl)nc3sc4c(c3c2=O)CCCC4)cc1OC. The first kappa shape index (κ1) is 27.8. The molecule has 2 heterocycles. The predicted octanol–water partition coefficient (Wildman–Crippen LogP) is 6.63. The summed E-state index contributed by atoms with van der Waals surface area (Å²) < 4.78 is 12.5. The molecule has 1 aliphatic rings. The Morgan fingerprint density at radius 1 is 1.13 bits per heavy atom. The first-order valence-electron chi connectivity index (χ1n) is 12.5. The third kappa shape index (κ3) is 5.91. The maximum absolute atomic E-state index is 13.9. The van der Waals surface area contributed by atoms with Gasteiger partial charge in [-0.2, -0.15) is 0 Å². The lowest BCUT2D eigenvalue weighted by atomic mass is 9.97. The number of hydrogen-bond acceptors (Lipinski definition) is 7. The summed E-state index contributed by atoms with van der Waals surface area (Å²) in [6.07, 6.45) is 4.66. The second kappa shape index (κ2) is 12.2. The van der Waals surface area contributed by atoms with Crippen molar-refractivity contribution in [2.45, 2.75) is 43.8 Å². The number of benzene rings is 2. The van der Waals surface area contributed by atoms with E-state index in [0.717, 1.165) is 47.0 Å². The minimum absolute atomic E-state index is 0.0549.